The second kappa shape index (κ2) is 8.72. The number of aromatic nitrogens is 2. The standard InChI is InChI=1S/C24H22Cl2FN5O/c1-15-21(24(33)31-13-11-30(12-14-31)17-7-5-16(27)6-8-17)23(32-20(29-15)9-10-28-32)18-3-2-4-19(25)22(18)26/h2-10,23,29H,11-14H2,1H3. The first-order chi connectivity index (χ1) is 15.9. The van der Waals surface area contributed by atoms with Gasteiger partial charge in [0.2, 0.25) is 0 Å². The number of carbonyl (C=O) groups is 1. The summed E-state index contributed by atoms with van der Waals surface area (Å²) in [4.78, 5) is 17.8. The normalized spacial score (nSPS) is 18.2. The molecule has 170 valence electrons. The predicted molar refractivity (Wildman–Crippen MR) is 128 cm³/mol. The summed E-state index contributed by atoms with van der Waals surface area (Å²) in [6, 6.07) is 13.2. The number of nitrogens with one attached hydrogen (secondary N) is 1. The van der Waals surface area contributed by atoms with Gasteiger partial charge in [0.1, 0.15) is 17.7 Å². The third-order valence-corrected chi connectivity index (χ3v) is 7.01. The average molecular weight is 486 g/mol. The Labute approximate surface area is 201 Å². The maximum absolute atomic E-state index is 13.8. The van der Waals surface area contributed by atoms with E-state index in [2.05, 4.69) is 15.3 Å². The fraction of sp³-hybridized carbons (Fsp3) is 0.250. The Morgan fingerprint density at radius 2 is 1.79 bits per heavy atom. The molecule has 0 bridgehead atoms. The Bertz CT molecular complexity index is 1230. The number of carbonyl (C=O) groups excluding carboxylic acids is 1. The molecule has 6 nitrogen and oxygen atoms in total. The van der Waals surface area contributed by atoms with Gasteiger partial charge in [-0.25, -0.2) is 9.07 Å². The van der Waals surface area contributed by atoms with Crippen LogP contribution in [-0.2, 0) is 4.79 Å². The number of rotatable bonds is 3. The summed E-state index contributed by atoms with van der Waals surface area (Å²) >= 11 is 12.9. The fourth-order valence-corrected chi connectivity index (χ4v) is 4.90. The topological polar surface area (TPSA) is 53.4 Å². The summed E-state index contributed by atoms with van der Waals surface area (Å²) in [7, 11) is 0. The van der Waals surface area contributed by atoms with E-state index in [1.165, 1.54) is 12.1 Å². The number of fused-ring (bicyclic) bond motifs is 1. The number of nitrogens with zero attached hydrogens (tertiary/aromatic N) is 4. The molecular formula is C24H22Cl2FN5O. The van der Waals surface area contributed by atoms with Crippen molar-refractivity contribution in [3.05, 3.63) is 87.4 Å². The van der Waals surface area contributed by atoms with Crippen LogP contribution in [0, 0.1) is 5.82 Å². The van der Waals surface area contributed by atoms with Crippen molar-refractivity contribution in [1.82, 2.24) is 14.7 Å². The van der Waals surface area contributed by atoms with E-state index >= 15 is 0 Å². The van der Waals surface area contributed by atoms with Gasteiger partial charge >= 0.3 is 0 Å². The van der Waals surface area contributed by atoms with Crippen molar-refractivity contribution in [1.29, 1.82) is 0 Å². The molecule has 0 spiro atoms. The third kappa shape index (κ3) is 3.96. The second-order valence-electron chi connectivity index (χ2n) is 8.13. The van der Waals surface area contributed by atoms with Crippen molar-refractivity contribution in [2.45, 2.75) is 13.0 Å². The molecule has 2 aliphatic rings. The van der Waals surface area contributed by atoms with E-state index in [0.717, 1.165) is 22.8 Å². The summed E-state index contributed by atoms with van der Waals surface area (Å²) in [6.07, 6.45) is 1.69. The number of allylic oxidation sites excluding steroid dienone is 1. The number of hydrogen-bond acceptors (Lipinski definition) is 4. The van der Waals surface area contributed by atoms with Gasteiger partial charge in [-0.2, -0.15) is 5.10 Å². The Morgan fingerprint density at radius 1 is 1.06 bits per heavy atom. The summed E-state index contributed by atoms with van der Waals surface area (Å²) in [6.45, 7) is 4.31. The van der Waals surface area contributed by atoms with E-state index in [-0.39, 0.29) is 11.7 Å². The molecule has 0 radical (unpaired) electrons. The molecule has 1 atom stereocenters. The first kappa shape index (κ1) is 21.8. The number of piperazine rings is 1. The highest BCUT2D eigenvalue weighted by Gasteiger charge is 2.37. The van der Waals surface area contributed by atoms with E-state index in [0.29, 0.717) is 41.8 Å². The second-order valence-corrected chi connectivity index (χ2v) is 8.91. The smallest absolute Gasteiger partial charge is 0.254 e. The molecule has 1 unspecified atom stereocenters. The van der Waals surface area contributed by atoms with Crippen LogP contribution in [0.5, 0.6) is 0 Å². The monoisotopic (exact) mass is 485 g/mol. The molecule has 1 aromatic heterocycles. The van der Waals surface area contributed by atoms with Gasteiger partial charge in [0.05, 0.1) is 21.8 Å². The van der Waals surface area contributed by atoms with Crippen LogP contribution >= 0.6 is 23.2 Å². The Balaban J connectivity index is 1.44. The highest BCUT2D eigenvalue weighted by Crippen LogP contribution is 2.41. The van der Waals surface area contributed by atoms with Gasteiger partial charge in [-0.05, 0) is 37.3 Å². The molecule has 0 saturated carbocycles. The van der Waals surface area contributed by atoms with Crippen LogP contribution in [0.1, 0.15) is 18.5 Å². The molecule has 1 fully saturated rings. The largest absolute Gasteiger partial charge is 0.368 e. The van der Waals surface area contributed by atoms with Crippen molar-refractivity contribution >= 4 is 40.6 Å². The Hall–Kier alpha value is -3.03. The minimum Gasteiger partial charge on any atom is -0.368 e. The van der Waals surface area contributed by atoms with Crippen molar-refractivity contribution in [3.8, 4) is 0 Å². The van der Waals surface area contributed by atoms with Gasteiger partial charge < -0.3 is 15.1 Å². The van der Waals surface area contributed by atoms with E-state index in [4.69, 9.17) is 23.2 Å². The van der Waals surface area contributed by atoms with Crippen LogP contribution in [0.25, 0.3) is 0 Å². The average Bonchev–Trinajstić information content (AvgIpc) is 3.28. The summed E-state index contributed by atoms with van der Waals surface area (Å²) in [5.74, 6) is 0.454. The van der Waals surface area contributed by atoms with Crippen molar-refractivity contribution < 1.29 is 9.18 Å². The van der Waals surface area contributed by atoms with Gasteiger partial charge in [-0.1, -0.05) is 35.3 Å². The van der Waals surface area contributed by atoms with Crippen LogP contribution in [0.3, 0.4) is 0 Å². The summed E-state index contributed by atoms with van der Waals surface area (Å²) in [5.41, 5.74) is 3.02. The van der Waals surface area contributed by atoms with Crippen molar-refractivity contribution in [2.75, 3.05) is 36.4 Å². The minimum atomic E-state index is -0.495. The summed E-state index contributed by atoms with van der Waals surface area (Å²) < 4.78 is 15.0. The van der Waals surface area contributed by atoms with E-state index < -0.39 is 6.04 Å². The molecule has 2 aromatic carbocycles. The van der Waals surface area contributed by atoms with E-state index in [1.54, 1.807) is 29.1 Å². The molecule has 5 rings (SSSR count). The fourth-order valence-electron chi connectivity index (χ4n) is 4.49. The first-order valence-corrected chi connectivity index (χ1v) is 11.4. The lowest BCUT2D eigenvalue weighted by atomic mass is 9.94. The SMILES string of the molecule is CC1=C(C(=O)N2CCN(c3ccc(F)cc3)CC2)C(c2cccc(Cl)c2Cl)n2nccc2N1. The van der Waals surface area contributed by atoms with Crippen molar-refractivity contribution in [3.63, 3.8) is 0 Å². The van der Waals surface area contributed by atoms with E-state index in [9.17, 15) is 9.18 Å². The number of benzene rings is 2. The number of anilines is 2. The molecule has 2 aliphatic heterocycles. The van der Waals surface area contributed by atoms with Crippen LogP contribution in [0.15, 0.2) is 66.0 Å². The highest BCUT2D eigenvalue weighted by molar-refractivity contribution is 6.42. The number of amides is 1. The Kier molecular flexibility index (Phi) is 5.76. The highest BCUT2D eigenvalue weighted by atomic mass is 35.5. The number of hydrogen-bond donors (Lipinski definition) is 1. The molecular weight excluding hydrogens is 464 g/mol. The van der Waals surface area contributed by atoms with Gasteiger partial charge in [0.15, 0.2) is 0 Å². The predicted octanol–water partition coefficient (Wildman–Crippen LogP) is 4.97. The van der Waals surface area contributed by atoms with Gasteiger partial charge in [0, 0.05) is 49.2 Å². The van der Waals surface area contributed by atoms with Crippen molar-refractivity contribution in [2.24, 2.45) is 0 Å². The van der Waals surface area contributed by atoms with E-state index in [1.807, 2.05) is 30.0 Å². The maximum Gasteiger partial charge on any atom is 0.254 e. The third-order valence-electron chi connectivity index (χ3n) is 6.17. The zero-order valence-electron chi connectivity index (χ0n) is 17.9. The maximum atomic E-state index is 13.8. The summed E-state index contributed by atoms with van der Waals surface area (Å²) in [5, 5.41) is 8.60. The van der Waals surface area contributed by atoms with Crippen LogP contribution in [0.2, 0.25) is 10.0 Å². The molecule has 1 N–H and O–H groups in total. The molecule has 1 saturated heterocycles. The van der Waals surface area contributed by atoms with Gasteiger partial charge in [-0.15, -0.1) is 0 Å². The molecule has 3 aromatic rings. The zero-order chi connectivity index (χ0) is 23.1. The van der Waals surface area contributed by atoms with Crippen LogP contribution in [-0.4, -0.2) is 46.8 Å². The van der Waals surface area contributed by atoms with Crippen LogP contribution in [0.4, 0.5) is 15.9 Å². The zero-order valence-corrected chi connectivity index (χ0v) is 19.4. The lowest BCUT2D eigenvalue weighted by Crippen LogP contribution is -2.50. The molecule has 33 heavy (non-hydrogen) atoms. The minimum absolute atomic E-state index is 0.0686. The van der Waals surface area contributed by atoms with Crippen LogP contribution < -0.4 is 10.2 Å². The first-order valence-electron chi connectivity index (χ1n) is 10.7. The molecule has 9 heteroatoms. The lowest BCUT2D eigenvalue weighted by Gasteiger charge is -2.38. The lowest BCUT2D eigenvalue weighted by molar-refractivity contribution is -0.127. The molecule has 0 aliphatic carbocycles. The van der Waals surface area contributed by atoms with Gasteiger partial charge in [0.25, 0.3) is 5.91 Å². The molecule has 1 amide bonds. The Morgan fingerprint density at radius 3 is 2.52 bits per heavy atom. The number of halogens is 3. The quantitative estimate of drug-likeness (QED) is 0.569. The molecule has 3 heterocycles. The van der Waals surface area contributed by atoms with Gasteiger partial charge in [-0.3, -0.25) is 4.79 Å².